The van der Waals surface area contributed by atoms with Crippen molar-refractivity contribution in [3.05, 3.63) is 36.5 Å². The number of rotatable bonds is 5. The van der Waals surface area contributed by atoms with E-state index in [1.165, 1.54) is 0 Å². The highest BCUT2D eigenvalue weighted by molar-refractivity contribution is 7.99. The maximum Gasteiger partial charge on any atom is 0.187 e. The van der Waals surface area contributed by atoms with Gasteiger partial charge in [0.15, 0.2) is 5.16 Å². The Morgan fingerprint density at radius 3 is 2.83 bits per heavy atom. The largest absolute Gasteiger partial charge is 0.337 e. The first-order valence-corrected chi connectivity index (χ1v) is 6.69. The molecule has 92 valence electrons. The second-order valence-corrected chi connectivity index (χ2v) is 4.85. The van der Waals surface area contributed by atoms with Crippen LogP contribution in [0, 0.1) is 11.3 Å². The maximum absolute atomic E-state index is 8.47. The zero-order valence-corrected chi connectivity index (χ0v) is 10.7. The summed E-state index contributed by atoms with van der Waals surface area (Å²) < 4.78 is 1.54. The highest BCUT2D eigenvalue weighted by Crippen LogP contribution is 2.23. The second-order valence-electron chi connectivity index (χ2n) is 3.79. The van der Waals surface area contributed by atoms with Gasteiger partial charge in [-0.2, -0.15) is 5.26 Å². The molecule has 1 heterocycles. The predicted octanol–water partition coefficient (Wildman–Crippen LogP) is 2.66. The molecule has 5 heteroatoms. The van der Waals surface area contributed by atoms with Crippen molar-refractivity contribution in [1.82, 2.24) is 9.66 Å². The summed E-state index contributed by atoms with van der Waals surface area (Å²) in [7, 11) is 0. The minimum Gasteiger partial charge on any atom is -0.337 e. The van der Waals surface area contributed by atoms with Crippen LogP contribution in [0.5, 0.6) is 0 Å². The third kappa shape index (κ3) is 3.05. The molecule has 0 saturated heterocycles. The topological polar surface area (TPSA) is 67.6 Å². The summed E-state index contributed by atoms with van der Waals surface area (Å²) >= 11 is 1.58. The van der Waals surface area contributed by atoms with E-state index >= 15 is 0 Å². The number of thioether (sulfide) groups is 1. The van der Waals surface area contributed by atoms with Crippen molar-refractivity contribution in [1.29, 1.82) is 5.26 Å². The van der Waals surface area contributed by atoms with Crippen LogP contribution in [0.2, 0.25) is 0 Å². The first kappa shape index (κ1) is 12.5. The van der Waals surface area contributed by atoms with Gasteiger partial charge in [-0.3, -0.25) is 0 Å². The van der Waals surface area contributed by atoms with Gasteiger partial charge in [-0.1, -0.05) is 42.1 Å². The average molecular weight is 258 g/mol. The van der Waals surface area contributed by atoms with Crippen LogP contribution < -0.4 is 5.84 Å². The van der Waals surface area contributed by atoms with E-state index in [2.05, 4.69) is 11.1 Å². The molecule has 18 heavy (non-hydrogen) atoms. The third-order valence-electron chi connectivity index (χ3n) is 2.43. The predicted molar refractivity (Wildman–Crippen MR) is 73.4 cm³/mol. The number of aromatic nitrogens is 2. The standard InChI is InChI=1S/C13H14N4S/c14-8-4-5-9-18-13-16-12(10-17(13)15)11-6-2-1-3-7-11/h1-3,6-7,10H,4-5,9,15H2. The normalized spacial score (nSPS) is 10.2. The van der Waals surface area contributed by atoms with Gasteiger partial charge in [0.25, 0.3) is 0 Å². The van der Waals surface area contributed by atoms with Crippen molar-refractivity contribution in [3.8, 4) is 17.3 Å². The van der Waals surface area contributed by atoms with Crippen LogP contribution >= 0.6 is 11.8 Å². The molecule has 1 aromatic carbocycles. The number of nitrogens with two attached hydrogens (primary N) is 1. The maximum atomic E-state index is 8.47. The summed E-state index contributed by atoms with van der Waals surface area (Å²) in [5, 5.41) is 9.25. The van der Waals surface area contributed by atoms with Gasteiger partial charge in [0.1, 0.15) is 0 Å². The van der Waals surface area contributed by atoms with E-state index in [0.29, 0.717) is 6.42 Å². The summed E-state index contributed by atoms with van der Waals surface area (Å²) in [5.41, 5.74) is 1.93. The fraction of sp³-hybridized carbons (Fsp3) is 0.231. The molecule has 2 N–H and O–H groups in total. The van der Waals surface area contributed by atoms with E-state index in [9.17, 15) is 0 Å². The van der Waals surface area contributed by atoms with Gasteiger partial charge < -0.3 is 5.84 Å². The molecule has 0 amide bonds. The van der Waals surface area contributed by atoms with Gasteiger partial charge >= 0.3 is 0 Å². The molecule has 0 fully saturated rings. The number of nitriles is 1. The van der Waals surface area contributed by atoms with Crippen molar-refractivity contribution in [2.75, 3.05) is 11.6 Å². The molecule has 2 rings (SSSR count). The highest BCUT2D eigenvalue weighted by Gasteiger charge is 2.07. The zero-order valence-electron chi connectivity index (χ0n) is 9.91. The fourth-order valence-electron chi connectivity index (χ4n) is 1.55. The Kier molecular flexibility index (Phi) is 4.26. The molecular formula is C13H14N4S. The Labute approximate surface area is 110 Å². The number of nitrogens with zero attached hydrogens (tertiary/aromatic N) is 3. The van der Waals surface area contributed by atoms with E-state index in [4.69, 9.17) is 11.1 Å². The lowest BCUT2D eigenvalue weighted by atomic mass is 10.2. The number of hydrogen-bond acceptors (Lipinski definition) is 4. The zero-order chi connectivity index (χ0) is 12.8. The molecule has 0 atom stereocenters. The molecule has 1 aromatic heterocycles. The SMILES string of the molecule is N#CCCCSc1nc(-c2ccccc2)cn1N. The van der Waals surface area contributed by atoms with Crippen LogP contribution in [-0.2, 0) is 0 Å². The number of benzene rings is 1. The second kappa shape index (κ2) is 6.12. The molecule has 0 spiro atoms. The van der Waals surface area contributed by atoms with Crippen molar-refractivity contribution < 1.29 is 0 Å². The van der Waals surface area contributed by atoms with Gasteiger partial charge in [-0.05, 0) is 6.42 Å². The number of imidazole rings is 1. The van der Waals surface area contributed by atoms with Gasteiger partial charge in [-0.25, -0.2) is 9.66 Å². The molecule has 0 aliphatic heterocycles. The van der Waals surface area contributed by atoms with E-state index in [-0.39, 0.29) is 0 Å². The smallest absolute Gasteiger partial charge is 0.187 e. The van der Waals surface area contributed by atoms with Gasteiger partial charge in [0.05, 0.1) is 18.0 Å². The molecule has 2 aromatic rings. The van der Waals surface area contributed by atoms with Crippen molar-refractivity contribution in [3.63, 3.8) is 0 Å². The lowest BCUT2D eigenvalue weighted by molar-refractivity contribution is 0.848. The third-order valence-corrected chi connectivity index (χ3v) is 3.49. The van der Waals surface area contributed by atoms with Crippen molar-refractivity contribution in [2.45, 2.75) is 18.0 Å². The Hall–Kier alpha value is -1.93. The first-order valence-electron chi connectivity index (χ1n) is 5.71. The molecule has 0 bridgehead atoms. The van der Waals surface area contributed by atoms with Crippen LogP contribution in [0.1, 0.15) is 12.8 Å². The molecule has 0 unspecified atom stereocenters. The Morgan fingerprint density at radius 2 is 2.11 bits per heavy atom. The Bertz CT molecular complexity index is 542. The summed E-state index contributed by atoms with van der Waals surface area (Å²) in [6.45, 7) is 0. The van der Waals surface area contributed by atoms with Crippen LogP contribution in [0.3, 0.4) is 0 Å². The summed E-state index contributed by atoms with van der Waals surface area (Å²) in [6, 6.07) is 12.1. The van der Waals surface area contributed by atoms with E-state index in [1.807, 2.05) is 36.5 Å². The Morgan fingerprint density at radius 1 is 1.33 bits per heavy atom. The quantitative estimate of drug-likeness (QED) is 0.508. The van der Waals surface area contributed by atoms with E-state index in [0.717, 1.165) is 28.6 Å². The van der Waals surface area contributed by atoms with Gasteiger partial charge in [-0.15, -0.1) is 0 Å². The van der Waals surface area contributed by atoms with Crippen LogP contribution in [0.15, 0.2) is 41.7 Å². The number of nitrogen functional groups attached to an aromatic ring is 1. The molecule has 0 aliphatic rings. The molecule has 0 aliphatic carbocycles. The van der Waals surface area contributed by atoms with Crippen LogP contribution in [-0.4, -0.2) is 15.4 Å². The van der Waals surface area contributed by atoms with Crippen molar-refractivity contribution in [2.24, 2.45) is 0 Å². The highest BCUT2D eigenvalue weighted by atomic mass is 32.2. The minimum absolute atomic E-state index is 0.573. The molecular weight excluding hydrogens is 244 g/mol. The summed E-state index contributed by atoms with van der Waals surface area (Å²) in [4.78, 5) is 4.50. The summed E-state index contributed by atoms with van der Waals surface area (Å²) in [6.07, 6.45) is 3.25. The fourth-order valence-corrected chi connectivity index (χ4v) is 2.38. The molecule has 4 nitrogen and oxygen atoms in total. The van der Waals surface area contributed by atoms with E-state index < -0.39 is 0 Å². The van der Waals surface area contributed by atoms with Crippen LogP contribution in [0.4, 0.5) is 0 Å². The number of unbranched alkanes of at least 4 members (excludes halogenated alkanes) is 1. The lowest BCUT2D eigenvalue weighted by Gasteiger charge is -1.98. The summed E-state index contributed by atoms with van der Waals surface area (Å²) in [5.74, 6) is 6.72. The van der Waals surface area contributed by atoms with Gasteiger partial charge in [0, 0.05) is 17.7 Å². The molecule has 0 saturated carbocycles. The Balaban J connectivity index is 2.06. The van der Waals surface area contributed by atoms with E-state index in [1.54, 1.807) is 16.4 Å². The van der Waals surface area contributed by atoms with Gasteiger partial charge in [0.2, 0.25) is 0 Å². The minimum atomic E-state index is 0.573. The number of hydrogen-bond donors (Lipinski definition) is 1. The lowest BCUT2D eigenvalue weighted by Crippen LogP contribution is -2.07. The molecule has 0 radical (unpaired) electrons. The van der Waals surface area contributed by atoms with Crippen LogP contribution in [0.25, 0.3) is 11.3 Å². The monoisotopic (exact) mass is 258 g/mol. The first-order chi connectivity index (χ1) is 8.81. The van der Waals surface area contributed by atoms with Crippen molar-refractivity contribution >= 4 is 11.8 Å². The average Bonchev–Trinajstić information content (AvgIpc) is 2.77.